The summed E-state index contributed by atoms with van der Waals surface area (Å²) in [7, 11) is -6.01. The van der Waals surface area contributed by atoms with E-state index in [0.717, 1.165) is 32.1 Å². The van der Waals surface area contributed by atoms with Crippen molar-refractivity contribution in [2.24, 2.45) is 40.9 Å². The largest absolute Gasteiger partial charge is 0.465 e. The molecule has 8 aliphatic rings. The van der Waals surface area contributed by atoms with Crippen LogP contribution >= 0.6 is 0 Å². The minimum absolute atomic E-state index is 0.0984. The molecule has 0 saturated heterocycles. The van der Waals surface area contributed by atoms with Gasteiger partial charge in [0.25, 0.3) is 0 Å². The molecule has 0 aromatic heterocycles. The minimum Gasteiger partial charge on any atom is -0.456 e. The van der Waals surface area contributed by atoms with Gasteiger partial charge in [-0.1, -0.05) is 0 Å². The Kier molecular flexibility index (Phi) is 5.80. The summed E-state index contributed by atoms with van der Waals surface area (Å²) < 4.78 is 75.3. The first-order chi connectivity index (χ1) is 17.6. The highest BCUT2D eigenvalue weighted by atomic mass is 32.2. The van der Waals surface area contributed by atoms with Gasteiger partial charge in [0.1, 0.15) is 11.2 Å². The van der Waals surface area contributed by atoms with Crippen molar-refractivity contribution in [3.05, 3.63) is 0 Å². The first-order valence-corrected chi connectivity index (χ1v) is 15.0. The van der Waals surface area contributed by atoms with Gasteiger partial charge in [-0.15, -0.1) is 0 Å². The highest BCUT2D eigenvalue weighted by molar-refractivity contribution is 7.87. The number of esters is 3. The van der Waals surface area contributed by atoms with Crippen LogP contribution in [0.25, 0.3) is 0 Å². The van der Waals surface area contributed by atoms with Crippen molar-refractivity contribution >= 4 is 28.0 Å². The van der Waals surface area contributed by atoms with Gasteiger partial charge in [0, 0.05) is 6.42 Å². The second-order valence-corrected chi connectivity index (χ2v) is 14.8. The van der Waals surface area contributed by atoms with Gasteiger partial charge < -0.3 is 14.2 Å². The summed E-state index contributed by atoms with van der Waals surface area (Å²) in [4.78, 5) is 38.3. The molecule has 8 fully saturated rings. The predicted molar refractivity (Wildman–Crippen MR) is 125 cm³/mol. The summed E-state index contributed by atoms with van der Waals surface area (Å²) >= 11 is 0. The molecule has 9 nitrogen and oxygen atoms in total. The molecule has 0 aromatic rings. The highest BCUT2D eigenvalue weighted by Crippen LogP contribution is 2.64. The average Bonchev–Trinajstić information content (AvgIpc) is 2.78. The van der Waals surface area contributed by atoms with E-state index in [9.17, 15) is 31.6 Å². The lowest BCUT2D eigenvalue weighted by Crippen LogP contribution is -2.61. The van der Waals surface area contributed by atoms with E-state index >= 15 is 0 Å². The van der Waals surface area contributed by atoms with Crippen LogP contribution in [0, 0.1) is 40.9 Å². The molecule has 212 valence electrons. The van der Waals surface area contributed by atoms with Crippen LogP contribution in [0.15, 0.2) is 0 Å². The van der Waals surface area contributed by atoms with E-state index < -0.39 is 56.5 Å². The number of hydrogen-bond donors (Lipinski definition) is 1. The maximum Gasteiger partial charge on any atom is 0.465 e. The maximum absolute atomic E-state index is 13.9. The van der Waals surface area contributed by atoms with Crippen LogP contribution in [0.2, 0.25) is 0 Å². The smallest absolute Gasteiger partial charge is 0.456 e. The molecule has 0 amide bonds. The monoisotopic (exact) mass is 560 g/mol. The molecule has 0 aliphatic heterocycles. The van der Waals surface area contributed by atoms with Crippen molar-refractivity contribution < 1.29 is 50.3 Å². The van der Waals surface area contributed by atoms with E-state index in [4.69, 9.17) is 18.8 Å². The number of hydrogen-bond acceptors (Lipinski definition) is 8. The van der Waals surface area contributed by atoms with Gasteiger partial charge in [-0.2, -0.15) is 17.2 Å². The number of halogens is 2. The van der Waals surface area contributed by atoms with E-state index in [0.29, 0.717) is 36.5 Å². The zero-order chi connectivity index (χ0) is 27.3. The first-order valence-electron chi connectivity index (χ1n) is 13.6. The van der Waals surface area contributed by atoms with Crippen LogP contribution in [-0.2, 0) is 38.7 Å². The van der Waals surface area contributed by atoms with Crippen LogP contribution in [0.4, 0.5) is 8.78 Å². The fraction of sp³-hybridized carbons (Fsp3) is 0.885. The van der Waals surface area contributed by atoms with Crippen molar-refractivity contribution in [2.45, 2.75) is 94.0 Å². The predicted octanol–water partition coefficient (Wildman–Crippen LogP) is 3.65. The number of carbonyl (C=O) groups excluding carboxylic acids is 3. The normalized spacial score (nSPS) is 44.6. The zero-order valence-corrected chi connectivity index (χ0v) is 22.1. The molecule has 0 spiro atoms. The Morgan fingerprint density at radius 2 is 1.39 bits per heavy atom. The summed E-state index contributed by atoms with van der Waals surface area (Å²) in [5.74, 6) is -1.77. The third-order valence-corrected chi connectivity index (χ3v) is 11.5. The van der Waals surface area contributed by atoms with Gasteiger partial charge >= 0.3 is 33.3 Å². The molecular weight excluding hydrogens is 526 g/mol. The number of ether oxygens (including phenoxy) is 3. The van der Waals surface area contributed by atoms with Crippen molar-refractivity contribution in [3.63, 3.8) is 0 Å². The van der Waals surface area contributed by atoms with E-state index in [-0.39, 0.29) is 31.1 Å². The number of rotatable bonds is 7. The Morgan fingerprint density at radius 3 is 1.92 bits per heavy atom. The third-order valence-electron chi connectivity index (χ3n) is 10.7. The van der Waals surface area contributed by atoms with Crippen LogP contribution < -0.4 is 0 Å². The van der Waals surface area contributed by atoms with Crippen molar-refractivity contribution in [2.75, 3.05) is 6.61 Å². The summed E-state index contributed by atoms with van der Waals surface area (Å²) in [6.07, 6.45) is 7.38. The quantitative estimate of drug-likeness (QED) is 0.281. The fourth-order valence-electron chi connectivity index (χ4n) is 9.74. The number of carbonyl (C=O) groups is 3. The van der Waals surface area contributed by atoms with E-state index in [1.54, 1.807) is 0 Å². The molecule has 0 heterocycles. The molecule has 12 heteroatoms. The van der Waals surface area contributed by atoms with Gasteiger partial charge in [-0.3, -0.25) is 9.35 Å². The average molecular weight is 561 g/mol. The third kappa shape index (κ3) is 4.07. The lowest BCUT2D eigenvalue weighted by molar-refractivity contribution is -0.223. The summed E-state index contributed by atoms with van der Waals surface area (Å²) in [5.41, 5.74) is -3.14. The Morgan fingerprint density at radius 1 is 0.868 bits per heavy atom. The minimum atomic E-state index is -6.01. The molecular formula is C26H34F2O9S. The molecule has 1 N–H and O–H groups in total. The van der Waals surface area contributed by atoms with Crippen molar-refractivity contribution in [1.29, 1.82) is 0 Å². The summed E-state index contributed by atoms with van der Waals surface area (Å²) in [6.45, 7) is 1.45. The maximum atomic E-state index is 13.9. The highest BCUT2D eigenvalue weighted by Gasteiger charge is 2.65. The SMILES string of the molecule is CC1(OC(=O)COC(=O)C23CC4CC(CC(OC(=O)C(F)(F)S(=O)(=O)O)(C4)C2)C3)C2CC3CC(C2)CC1C3. The molecule has 0 aromatic carbocycles. The Balaban J connectivity index is 1.11. The van der Waals surface area contributed by atoms with E-state index in [1.807, 2.05) is 6.92 Å². The lowest BCUT2D eigenvalue weighted by atomic mass is 9.48. The summed E-state index contributed by atoms with van der Waals surface area (Å²) in [6, 6.07) is 0. The topological polar surface area (TPSA) is 133 Å². The van der Waals surface area contributed by atoms with Gasteiger partial charge in [0.15, 0.2) is 6.61 Å². The van der Waals surface area contributed by atoms with Gasteiger partial charge in [-0.25, -0.2) is 9.59 Å². The zero-order valence-electron chi connectivity index (χ0n) is 21.3. The fourth-order valence-corrected chi connectivity index (χ4v) is 9.99. The number of alkyl halides is 2. The lowest BCUT2D eigenvalue weighted by Gasteiger charge is -2.59. The molecule has 38 heavy (non-hydrogen) atoms. The molecule has 2 atom stereocenters. The van der Waals surface area contributed by atoms with Gasteiger partial charge in [-0.05, 0) is 107 Å². The molecule has 8 bridgehead atoms. The molecule has 8 aliphatic carbocycles. The van der Waals surface area contributed by atoms with Crippen LogP contribution in [-0.4, -0.2) is 53.9 Å². The molecule has 2 unspecified atom stereocenters. The van der Waals surface area contributed by atoms with Gasteiger partial charge in [0.05, 0.1) is 5.41 Å². The Labute approximate surface area is 220 Å². The van der Waals surface area contributed by atoms with Crippen molar-refractivity contribution in [1.82, 2.24) is 0 Å². The molecule has 8 rings (SSSR count). The van der Waals surface area contributed by atoms with E-state index in [2.05, 4.69) is 0 Å². The molecule has 8 saturated carbocycles. The standard InChI is InChI=1S/C26H34F2O9S/c1-23(18-4-14-2-15(6-18)7-19(23)5-14)36-20(29)12-35-21(30)24-8-16-3-17(9-24)11-25(10-16,13-24)37-22(31)26(27,28)38(32,33)34/h14-19H,2-13H2,1H3,(H,32,33,34). The van der Waals surface area contributed by atoms with Crippen LogP contribution in [0.3, 0.4) is 0 Å². The Hall–Kier alpha value is -1.82. The second kappa shape index (κ2) is 8.34. The first kappa shape index (κ1) is 26.4. The van der Waals surface area contributed by atoms with E-state index in [1.165, 1.54) is 6.42 Å². The molecule has 0 radical (unpaired) electrons. The summed E-state index contributed by atoms with van der Waals surface area (Å²) in [5, 5.41) is -5.11. The van der Waals surface area contributed by atoms with Gasteiger partial charge in [0.2, 0.25) is 0 Å². The van der Waals surface area contributed by atoms with Crippen LogP contribution in [0.1, 0.15) is 77.6 Å². The van der Waals surface area contributed by atoms with Crippen molar-refractivity contribution in [3.8, 4) is 0 Å². The second-order valence-electron chi connectivity index (χ2n) is 13.3. The Bertz CT molecular complexity index is 1120. The van der Waals surface area contributed by atoms with Crippen LogP contribution in [0.5, 0.6) is 0 Å².